The molecule has 5 heteroatoms. The number of carbonyl (C=O) groups is 2. The normalized spacial score (nSPS) is 14.6. The molecular formula is C14H17NO4. The number of rotatable bonds is 4. The molecule has 1 heterocycles. The van der Waals surface area contributed by atoms with Crippen molar-refractivity contribution in [3.8, 4) is 5.75 Å². The van der Waals surface area contributed by atoms with E-state index in [0.29, 0.717) is 36.6 Å². The molecule has 1 amide bonds. The maximum atomic E-state index is 11.8. The van der Waals surface area contributed by atoms with Crippen molar-refractivity contribution >= 4 is 17.6 Å². The maximum Gasteiger partial charge on any atom is 0.338 e. The predicted molar refractivity (Wildman–Crippen MR) is 70.5 cm³/mol. The summed E-state index contributed by atoms with van der Waals surface area (Å²) in [5, 5.41) is 0. The lowest BCUT2D eigenvalue weighted by Gasteiger charge is -2.18. The summed E-state index contributed by atoms with van der Waals surface area (Å²) in [7, 11) is 1.33. The van der Waals surface area contributed by atoms with E-state index in [1.54, 1.807) is 23.1 Å². The number of esters is 1. The highest BCUT2D eigenvalue weighted by molar-refractivity contribution is 5.98. The quantitative estimate of drug-likeness (QED) is 0.780. The average Bonchev–Trinajstić information content (AvgIpc) is 2.84. The second-order valence-corrected chi connectivity index (χ2v) is 4.29. The van der Waals surface area contributed by atoms with E-state index in [9.17, 15) is 9.59 Å². The van der Waals surface area contributed by atoms with E-state index in [4.69, 9.17) is 9.47 Å². The molecule has 1 aliphatic rings. The van der Waals surface area contributed by atoms with Crippen LogP contribution in [-0.4, -0.2) is 32.1 Å². The summed E-state index contributed by atoms with van der Waals surface area (Å²) in [5.74, 6) is 0.207. The topological polar surface area (TPSA) is 55.8 Å². The molecule has 19 heavy (non-hydrogen) atoms. The molecule has 1 saturated heterocycles. The maximum absolute atomic E-state index is 11.8. The fourth-order valence-electron chi connectivity index (χ4n) is 2.15. The van der Waals surface area contributed by atoms with Crippen LogP contribution in [0.3, 0.4) is 0 Å². The van der Waals surface area contributed by atoms with Gasteiger partial charge in [0.25, 0.3) is 0 Å². The Morgan fingerprint density at radius 1 is 1.37 bits per heavy atom. The number of ether oxygens (including phenoxy) is 2. The van der Waals surface area contributed by atoms with Crippen molar-refractivity contribution in [2.45, 2.75) is 19.8 Å². The summed E-state index contributed by atoms with van der Waals surface area (Å²) in [6.07, 6.45) is 1.39. The van der Waals surface area contributed by atoms with Gasteiger partial charge in [0.05, 0.1) is 19.3 Å². The molecule has 1 aromatic carbocycles. The van der Waals surface area contributed by atoms with E-state index < -0.39 is 5.97 Å². The summed E-state index contributed by atoms with van der Waals surface area (Å²) >= 11 is 0. The molecule has 5 nitrogen and oxygen atoms in total. The van der Waals surface area contributed by atoms with E-state index >= 15 is 0 Å². The highest BCUT2D eigenvalue weighted by Gasteiger charge is 2.23. The summed E-state index contributed by atoms with van der Waals surface area (Å²) in [4.78, 5) is 25.1. The minimum Gasteiger partial charge on any atom is -0.494 e. The van der Waals surface area contributed by atoms with E-state index in [1.807, 2.05) is 6.92 Å². The fraction of sp³-hybridized carbons (Fsp3) is 0.429. The van der Waals surface area contributed by atoms with Gasteiger partial charge in [-0.1, -0.05) is 0 Å². The first kappa shape index (κ1) is 13.4. The van der Waals surface area contributed by atoms with E-state index in [1.165, 1.54) is 7.11 Å². The Labute approximate surface area is 112 Å². The smallest absolute Gasteiger partial charge is 0.338 e. The Morgan fingerprint density at radius 2 is 2.16 bits per heavy atom. The van der Waals surface area contributed by atoms with Gasteiger partial charge < -0.3 is 14.4 Å². The van der Waals surface area contributed by atoms with Gasteiger partial charge in [-0.3, -0.25) is 4.79 Å². The highest BCUT2D eigenvalue weighted by Crippen LogP contribution is 2.28. The first-order chi connectivity index (χ1) is 9.15. The zero-order valence-electron chi connectivity index (χ0n) is 11.1. The Hall–Kier alpha value is -2.04. The Morgan fingerprint density at radius 3 is 2.74 bits per heavy atom. The van der Waals surface area contributed by atoms with Crippen LogP contribution < -0.4 is 9.64 Å². The number of benzene rings is 1. The highest BCUT2D eigenvalue weighted by atomic mass is 16.5. The van der Waals surface area contributed by atoms with E-state index in [0.717, 1.165) is 6.42 Å². The molecule has 1 aromatic rings. The van der Waals surface area contributed by atoms with Crippen molar-refractivity contribution < 1.29 is 19.1 Å². The van der Waals surface area contributed by atoms with E-state index in [-0.39, 0.29) is 5.91 Å². The summed E-state index contributed by atoms with van der Waals surface area (Å²) in [6, 6.07) is 5.07. The third-order valence-electron chi connectivity index (χ3n) is 3.01. The van der Waals surface area contributed by atoms with Gasteiger partial charge in [-0.2, -0.15) is 0 Å². The van der Waals surface area contributed by atoms with Gasteiger partial charge >= 0.3 is 5.97 Å². The molecule has 1 fully saturated rings. The molecule has 1 aliphatic heterocycles. The second-order valence-electron chi connectivity index (χ2n) is 4.29. The molecule has 0 spiro atoms. The summed E-state index contributed by atoms with van der Waals surface area (Å²) in [5.41, 5.74) is 1.08. The number of amides is 1. The van der Waals surface area contributed by atoms with Gasteiger partial charge in [0.2, 0.25) is 5.91 Å². The number of carbonyl (C=O) groups excluding carboxylic acids is 2. The number of anilines is 1. The molecular weight excluding hydrogens is 246 g/mol. The fourth-order valence-corrected chi connectivity index (χ4v) is 2.15. The minimum absolute atomic E-state index is 0.0736. The second kappa shape index (κ2) is 5.73. The lowest BCUT2D eigenvalue weighted by molar-refractivity contribution is -0.117. The third-order valence-corrected chi connectivity index (χ3v) is 3.01. The van der Waals surface area contributed by atoms with Crippen molar-refractivity contribution in [1.29, 1.82) is 0 Å². The summed E-state index contributed by atoms with van der Waals surface area (Å²) < 4.78 is 10.1. The standard InChI is InChI=1S/C14H17NO4/c1-3-19-12-8-10(14(17)18-2)7-11(9-12)15-6-4-5-13(15)16/h7-9H,3-6H2,1-2H3. The molecule has 0 atom stereocenters. The SMILES string of the molecule is CCOc1cc(C(=O)OC)cc(N2CCCC2=O)c1. The van der Waals surface area contributed by atoms with Gasteiger partial charge in [-0.15, -0.1) is 0 Å². The largest absolute Gasteiger partial charge is 0.494 e. The molecule has 0 saturated carbocycles. The van der Waals surface area contributed by atoms with Crippen LogP contribution in [0.4, 0.5) is 5.69 Å². The van der Waals surface area contributed by atoms with Crippen LogP contribution in [0.1, 0.15) is 30.1 Å². The van der Waals surface area contributed by atoms with Crippen molar-refractivity contribution in [2.75, 3.05) is 25.2 Å². The van der Waals surface area contributed by atoms with Crippen LogP contribution in [-0.2, 0) is 9.53 Å². The van der Waals surface area contributed by atoms with Gasteiger partial charge in [0.1, 0.15) is 5.75 Å². The molecule has 0 aliphatic carbocycles. The minimum atomic E-state index is -0.436. The van der Waals surface area contributed by atoms with Gasteiger partial charge in [0, 0.05) is 24.7 Å². The number of hydrogen-bond donors (Lipinski definition) is 0. The predicted octanol–water partition coefficient (Wildman–Crippen LogP) is 2.00. The summed E-state index contributed by atoms with van der Waals surface area (Å²) in [6.45, 7) is 3.04. The average molecular weight is 263 g/mol. The van der Waals surface area contributed by atoms with Crippen molar-refractivity contribution in [1.82, 2.24) is 0 Å². The molecule has 0 aromatic heterocycles. The van der Waals surface area contributed by atoms with Crippen LogP contribution in [0.25, 0.3) is 0 Å². The Bertz CT molecular complexity index is 498. The molecule has 0 radical (unpaired) electrons. The Kier molecular flexibility index (Phi) is 4.04. The van der Waals surface area contributed by atoms with Crippen LogP contribution in [0.15, 0.2) is 18.2 Å². The molecule has 102 valence electrons. The lowest BCUT2D eigenvalue weighted by Crippen LogP contribution is -2.24. The Balaban J connectivity index is 2.38. The van der Waals surface area contributed by atoms with Crippen LogP contribution >= 0.6 is 0 Å². The van der Waals surface area contributed by atoms with Crippen LogP contribution in [0, 0.1) is 0 Å². The van der Waals surface area contributed by atoms with Crippen molar-refractivity contribution in [3.63, 3.8) is 0 Å². The molecule has 0 bridgehead atoms. The first-order valence-corrected chi connectivity index (χ1v) is 6.32. The molecule has 2 rings (SSSR count). The number of hydrogen-bond acceptors (Lipinski definition) is 4. The van der Waals surface area contributed by atoms with Gasteiger partial charge in [0.15, 0.2) is 0 Å². The molecule has 0 N–H and O–H groups in total. The van der Waals surface area contributed by atoms with Crippen LogP contribution in [0.5, 0.6) is 5.75 Å². The van der Waals surface area contributed by atoms with Crippen molar-refractivity contribution in [2.24, 2.45) is 0 Å². The van der Waals surface area contributed by atoms with Crippen molar-refractivity contribution in [3.05, 3.63) is 23.8 Å². The monoisotopic (exact) mass is 263 g/mol. The zero-order valence-corrected chi connectivity index (χ0v) is 11.1. The number of methoxy groups -OCH3 is 1. The van der Waals surface area contributed by atoms with E-state index in [2.05, 4.69) is 0 Å². The third kappa shape index (κ3) is 2.86. The van der Waals surface area contributed by atoms with Crippen LogP contribution in [0.2, 0.25) is 0 Å². The zero-order chi connectivity index (χ0) is 13.8. The first-order valence-electron chi connectivity index (χ1n) is 6.32. The van der Waals surface area contributed by atoms with Gasteiger partial charge in [-0.25, -0.2) is 4.79 Å². The molecule has 0 unspecified atom stereocenters. The number of nitrogens with zero attached hydrogens (tertiary/aromatic N) is 1. The lowest BCUT2D eigenvalue weighted by atomic mass is 10.1. The van der Waals surface area contributed by atoms with Gasteiger partial charge in [-0.05, 0) is 25.5 Å².